The predicted molar refractivity (Wildman–Crippen MR) is 66.7 cm³/mol. The maximum Gasteiger partial charge on any atom is 0.120 e. The van der Waals surface area contributed by atoms with E-state index in [1.807, 2.05) is 44.2 Å². The van der Waals surface area contributed by atoms with Crippen LogP contribution in [0, 0.1) is 0 Å². The molecule has 82 valence electrons. The van der Waals surface area contributed by atoms with Gasteiger partial charge in [0.1, 0.15) is 6.29 Å². The van der Waals surface area contributed by atoms with Crippen molar-refractivity contribution in [3.05, 3.63) is 42.5 Å². The summed E-state index contributed by atoms with van der Waals surface area (Å²) in [6.45, 7) is 7.98. The fourth-order valence-corrected chi connectivity index (χ4v) is 1.22. The van der Waals surface area contributed by atoms with Crippen molar-refractivity contribution in [3.8, 4) is 0 Å². The Balaban J connectivity index is 0.000000921. The van der Waals surface area contributed by atoms with Crippen molar-refractivity contribution in [2.45, 2.75) is 33.1 Å². The first kappa shape index (κ1) is 13.6. The van der Waals surface area contributed by atoms with Gasteiger partial charge in [-0.2, -0.15) is 0 Å². The first-order valence-electron chi connectivity index (χ1n) is 5.51. The molecule has 0 spiro atoms. The van der Waals surface area contributed by atoms with E-state index in [0.29, 0.717) is 6.42 Å². The molecule has 0 amide bonds. The third-order valence-corrected chi connectivity index (χ3v) is 1.98. The average molecular weight is 204 g/mol. The molecule has 0 aliphatic heterocycles. The summed E-state index contributed by atoms with van der Waals surface area (Å²) in [5.41, 5.74) is 2.29. The van der Waals surface area contributed by atoms with E-state index >= 15 is 0 Å². The van der Waals surface area contributed by atoms with Crippen molar-refractivity contribution >= 4 is 11.9 Å². The van der Waals surface area contributed by atoms with Gasteiger partial charge in [0.25, 0.3) is 0 Å². The summed E-state index contributed by atoms with van der Waals surface area (Å²) in [7, 11) is 0. The first-order valence-corrected chi connectivity index (χ1v) is 5.51. The van der Waals surface area contributed by atoms with Gasteiger partial charge in [-0.15, -0.1) is 0 Å². The number of hydrogen-bond donors (Lipinski definition) is 0. The van der Waals surface area contributed by atoms with Gasteiger partial charge in [-0.05, 0) is 24.0 Å². The molecule has 1 rings (SSSR count). The molecule has 0 aromatic heterocycles. The standard InChI is InChI=1S/C12H14O.C2H6/c1-11(7-5-6-10-13)12-8-3-2-4-9-12;1-2/h2-4,8-10H,1,5-7H2;1-2H3. The third kappa shape index (κ3) is 5.84. The molecule has 15 heavy (non-hydrogen) atoms. The minimum atomic E-state index is 0.631. The molecule has 0 saturated carbocycles. The second kappa shape index (κ2) is 9.20. The summed E-state index contributed by atoms with van der Waals surface area (Å²) in [4.78, 5) is 10.1. The van der Waals surface area contributed by atoms with Crippen LogP contribution in [0.1, 0.15) is 38.7 Å². The number of carbonyl (C=O) groups is 1. The van der Waals surface area contributed by atoms with E-state index in [4.69, 9.17) is 0 Å². The van der Waals surface area contributed by atoms with Gasteiger partial charge < -0.3 is 4.79 Å². The van der Waals surface area contributed by atoms with E-state index in [1.165, 1.54) is 5.56 Å². The zero-order chi connectivity index (χ0) is 11.5. The van der Waals surface area contributed by atoms with Crippen LogP contribution in [-0.4, -0.2) is 6.29 Å². The Kier molecular flexibility index (Phi) is 8.36. The molecule has 0 fully saturated rings. The molecular weight excluding hydrogens is 184 g/mol. The highest BCUT2D eigenvalue weighted by Crippen LogP contribution is 2.17. The van der Waals surface area contributed by atoms with E-state index in [9.17, 15) is 4.79 Å². The summed E-state index contributed by atoms with van der Waals surface area (Å²) in [5, 5.41) is 0. The van der Waals surface area contributed by atoms with Crippen LogP contribution in [0.3, 0.4) is 0 Å². The molecule has 0 aliphatic rings. The Hall–Kier alpha value is -1.37. The van der Waals surface area contributed by atoms with Crippen LogP contribution in [0.4, 0.5) is 0 Å². The van der Waals surface area contributed by atoms with E-state index in [0.717, 1.165) is 24.7 Å². The largest absolute Gasteiger partial charge is 0.303 e. The van der Waals surface area contributed by atoms with Crippen LogP contribution in [-0.2, 0) is 4.79 Å². The molecule has 0 bridgehead atoms. The topological polar surface area (TPSA) is 17.1 Å². The SMILES string of the molecule is C=C(CCCC=O)c1ccccc1.CC. The molecule has 0 N–H and O–H groups in total. The highest BCUT2D eigenvalue weighted by atomic mass is 16.1. The van der Waals surface area contributed by atoms with Gasteiger partial charge >= 0.3 is 0 Å². The van der Waals surface area contributed by atoms with Gasteiger partial charge in [0.15, 0.2) is 0 Å². The minimum Gasteiger partial charge on any atom is -0.303 e. The molecular formula is C14H20O. The van der Waals surface area contributed by atoms with Gasteiger partial charge in [0.2, 0.25) is 0 Å². The molecule has 0 heterocycles. The molecule has 1 aromatic carbocycles. The lowest BCUT2D eigenvalue weighted by Crippen LogP contribution is -1.83. The Labute approximate surface area is 92.8 Å². The Morgan fingerprint density at radius 1 is 1.27 bits per heavy atom. The van der Waals surface area contributed by atoms with E-state index in [2.05, 4.69) is 6.58 Å². The van der Waals surface area contributed by atoms with Crippen LogP contribution in [0.15, 0.2) is 36.9 Å². The molecule has 1 heteroatoms. The molecule has 0 unspecified atom stereocenters. The first-order chi connectivity index (χ1) is 7.34. The molecule has 1 aromatic rings. The van der Waals surface area contributed by atoms with Crippen molar-refractivity contribution in [2.75, 3.05) is 0 Å². The molecule has 0 radical (unpaired) electrons. The van der Waals surface area contributed by atoms with E-state index in [1.54, 1.807) is 0 Å². The maximum atomic E-state index is 10.1. The molecule has 0 aliphatic carbocycles. The van der Waals surface area contributed by atoms with Crippen molar-refractivity contribution in [2.24, 2.45) is 0 Å². The highest BCUT2D eigenvalue weighted by molar-refractivity contribution is 5.63. The van der Waals surface area contributed by atoms with E-state index < -0.39 is 0 Å². The maximum absolute atomic E-state index is 10.1. The Morgan fingerprint density at radius 2 is 1.87 bits per heavy atom. The number of unbranched alkanes of at least 4 members (excludes halogenated alkanes) is 1. The summed E-state index contributed by atoms with van der Waals surface area (Å²) in [6, 6.07) is 10.1. The number of aldehydes is 1. The van der Waals surface area contributed by atoms with Crippen molar-refractivity contribution in [1.82, 2.24) is 0 Å². The fourth-order valence-electron chi connectivity index (χ4n) is 1.22. The van der Waals surface area contributed by atoms with Gasteiger partial charge in [0.05, 0.1) is 0 Å². The van der Waals surface area contributed by atoms with Crippen molar-refractivity contribution in [3.63, 3.8) is 0 Å². The lowest BCUT2D eigenvalue weighted by molar-refractivity contribution is -0.107. The summed E-state index contributed by atoms with van der Waals surface area (Å²) in [5.74, 6) is 0. The van der Waals surface area contributed by atoms with Crippen LogP contribution in [0.2, 0.25) is 0 Å². The van der Waals surface area contributed by atoms with Crippen LogP contribution < -0.4 is 0 Å². The Bertz CT molecular complexity index is 275. The zero-order valence-electron chi connectivity index (χ0n) is 9.70. The third-order valence-electron chi connectivity index (χ3n) is 1.98. The number of allylic oxidation sites excluding steroid dienone is 1. The molecule has 0 atom stereocenters. The fraction of sp³-hybridized carbons (Fsp3) is 0.357. The smallest absolute Gasteiger partial charge is 0.120 e. The zero-order valence-corrected chi connectivity index (χ0v) is 9.70. The van der Waals surface area contributed by atoms with Crippen molar-refractivity contribution < 1.29 is 4.79 Å². The van der Waals surface area contributed by atoms with Crippen LogP contribution in [0.5, 0.6) is 0 Å². The monoisotopic (exact) mass is 204 g/mol. The minimum absolute atomic E-state index is 0.631. The van der Waals surface area contributed by atoms with Gasteiger partial charge in [-0.3, -0.25) is 0 Å². The normalized spacial score (nSPS) is 8.67. The van der Waals surface area contributed by atoms with Gasteiger partial charge in [-0.1, -0.05) is 50.8 Å². The summed E-state index contributed by atoms with van der Waals surface area (Å²) < 4.78 is 0. The average Bonchev–Trinajstić information content (AvgIpc) is 2.33. The van der Waals surface area contributed by atoms with Crippen LogP contribution in [0.25, 0.3) is 5.57 Å². The highest BCUT2D eigenvalue weighted by Gasteiger charge is 1.96. The number of carbonyl (C=O) groups excluding carboxylic acids is 1. The number of hydrogen-bond acceptors (Lipinski definition) is 1. The Morgan fingerprint density at radius 3 is 2.40 bits per heavy atom. The second-order valence-corrected chi connectivity index (χ2v) is 3.03. The van der Waals surface area contributed by atoms with E-state index in [-0.39, 0.29) is 0 Å². The molecule has 1 nitrogen and oxygen atoms in total. The predicted octanol–water partition coefficient (Wildman–Crippen LogP) is 4.10. The number of rotatable bonds is 5. The molecule has 0 saturated heterocycles. The lowest BCUT2D eigenvalue weighted by Gasteiger charge is -2.03. The van der Waals surface area contributed by atoms with Gasteiger partial charge in [0, 0.05) is 6.42 Å². The van der Waals surface area contributed by atoms with Gasteiger partial charge in [-0.25, -0.2) is 0 Å². The number of benzene rings is 1. The van der Waals surface area contributed by atoms with Crippen molar-refractivity contribution in [1.29, 1.82) is 0 Å². The van der Waals surface area contributed by atoms with Crippen LogP contribution >= 0.6 is 0 Å². The second-order valence-electron chi connectivity index (χ2n) is 3.03. The summed E-state index contributed by atoms with van der Waals surface area (Å²) >= 11 is 0. The summed E-state index contributed by atoms with van der Waals surface area (Å²) in [6.07, 6.45) is 3.39. The quantitative estimate of drug-likeness (QED) is 0.521. The lowest BCUT2D eigenvalue weighted by atomic mass is 10.0.